The SMILES string of the molecule is CCC(CC)NCCN(C)CC1CCCN1C. The van der Waals surface area contributed by atoms with Crippen molar-refractivity contribution >= 4 is 0 Å². The van der Waals surface area contributed by atoms with Crippen LogP contribution >= 0.6 is 0 Å². The molecule has 3 heteroatoms. The molecule has 102 valence electrons. The van der Waals surface area contributed by atoms with E-state index in [1.54, 1.807) is 0 Å². The van der Waals surface area contributed by atoms with Gasteiger partial charge in [0.25, 0.3) is 0 Å². The van der Waals surface area contributed by atoms with Gasteiger partial charge in [-0.05, 0) is 46.3 Å². The van der Waals surface area contributed by atoms with Gasteiger partial charge < -0.3 is 15.1 Å². The fourth-order valence-corrected chi connectivity index (χ4v) is 2.70. The lowest BCUT2D eigenvalue weighted by Gasteiger charge is -2.26. The Morgan fingerprint density at radius 2 is 2.06 bits per heavy atom. The van der Waals surface area contributed by atoms with E-state index in [4.69, 9.17) is 0 Å². The molecule has 1 heterocycles. The van der Waals surface area contributed by atoms with Gasteiger partial charge in [-0.1, -0.05) is 13.8 Å². The van der Waals surface area contributed by atoms with Crippen LogP contribution in [-0.4, -0.2) is 62.2 Å². The number of hydrogen-bond donors (Lipinski definition) is 1. The third-order valence-electron chi connectivity index (χ3n) is 4.11. The zero-order chi connectivity index (χ0) is 12.7. The molecule has 0 aromatic rings. The summed E-state index contributed by atoms with van der Waals surface area (Å²) in [7, 11) is 4.51. The summed E-state index contributed by atoms with van der Waals surface area (Å²) in [6.07, 6.45) is 5.24. The van der Waals surface area contributed by atoms with Crippen LogP contribution in [0.1, 0.15) is 39.5 Å². The topological polar surface area (TPSA) is 18.5 Å². The maximum Gasteiger partial charge on any atom is 0.0220 e. The van der Waals surface area contributed by atoms with Gasteiger partial charge in [-0.15, -0.1) is 0 Å². The summed E-state index contributed by atoms with van der Waals surface area (Å²) in [5, 5.41) is 3.63. The number of likely N-dealkylation sites (tertiary alicyclic amines) is 1. The molecule has 1 atom stereocenters. The van der Waals surface area contributed by atoms with Crippen LogP contribution in [0.25, 0.3) is 0 Å². The number of nitrogens with zero attached hydrogens (tertiary/aromatic N) is 2. The fourth-order valence-electron chi connectivity index (χ4n) is 2.70. The second-order valence-electron chi connectivity index (χ2n) is 5.51. The van der Waals surface area contributed by atoms with Crippen molar-refractivity contribution in [3.8, 4) is 0 Å². The molecule has 3 nitrogen and oxygen atoms in total. The molecule has 1 fully saturated rings. The van der Waals surface area contributed by atoms with E-state index in [-0.39, 0.29) is 0 Å². The minimum atomic E-state index is 0.706. The summed E-state index contributed by atoms with van der Waals surface area (Å²) in [5.41, 5.74) is 0. The summed E-state index contributed by atoms with van der Waals surface area (Å²) in [5.74, 6) is 0. The molecular formula is C14H31N3. The molecule has 0 aromatic heterocycles. The Bertz CT molecular complexity index is 192. The minimum absolute atomic E-state index is 0.706. The maximum atomic E-state index is 3.63. The average Bonchev–Trinajstić information content (AvgIpc) is 2.71. The monoisotopic (exact) mass is 241 g/mol. The van der Waals surface area contributed by atoms with Crippen molar-refractivity contribution in [2.75, 3.05) is 40.3 Å². The van der Waals surface area contributed by atoms with Crippen molar-refractivity contribution in [2.24, 2.45) is 0 Å². The van der Waals surface area contributed by atoms with E-state index < -0.39 is 0 Å². The van der Waals surface area contributed by atoms with Crippen LogP contribution in [0.2, 0.25) is 0 Å². The highest BCUT2D eigenvalue weighted by Crippen LogP contribution is 2.15. The Hall–Kier alpha value is -0.120. The quantitative estimate of drug-likeness (QED) is 0.699. The second-order valence-corrected chi connectivity index (χ2v) is 5.51. The molecule has 1 saturated heterocycles. The van der Waals surface area contributed by atoms with E-state index in [0.29, 0.717) is 6.04 Å². The van der Waals surface area contributed by atoms with Crippen molar-refractivity contribution in [3.63, 3.8) is 0 Å². The van der Waals surface area contributed by atoms with E-state index >= 15 is 0 Å². The lowest BCUT2D eigenvalue weighted by molar-refractivity contribution is 0.218. The van der Waals surface area contributed by atoms with Crippen LogP contribution < -0.4 is 5.32 Å². The number of hydrogen-bond acceptors (Lipinski definition) is 3. The molecule has 0 amide bonds. The highest BCUT2D eigenvalue weighted by Gasteiger charge is 2.21. The predicted molar refractivity (Wildman–Crippen MR) is 75.5 cm³/mol. The molecule has 0 aromatic carbocycles. The molecular weight excluding hydrogens is 210 g/mol. The van der Waals surface area contributed by atoms with Gasteiger partial charge >= 0.3 is 0 Å². The van der Waals surface area contributed by atoms with Gasteiger partial charge in [0.05, 0.1) is 0 Å². The van der Waals surface area contributed by atoms with Crippen LogP contribution in [0.4, 0.5) is 0 Å². The Labute approximate surface area is 108 Å². The summed E-state index contributed by atoms with van der Waals surface area (Å²) in [6, 6.07) is 1.49. The standard InChI is InChI=1S/C14H31N3/c1-5-13(6-2)15-9-11-16(3)12-14-8-7-10-17(14)4/h13-15H,5-12H2,1-4H3. The van der Waals surface area contributed by atoms with E-state index in [0.717, 1.165) is 12.6 Å². The second kappa shape index (κ2) is 8.06. The number of likely N-dealkylation sites (N-methyl/N-ethyl adjacent to an activating group) is 2. The van der Waals surface area contributed by atoms with Crippen molar-refractivity contribution in [3.05, 3.63) is 0 Å². The third-order valence-corrected chi connectivity index (χ3v) is 4.11. The van der Waals surface area contributed by atoms with Gasteiger partial charge in [0.15, 0.2) is 0 Å². The molecule has 0 saturated carbocycles. The van der Waals surface area contributed by atoms with Crippen molar-refractivity contribution in [2.45, 2.75) is 51.6 Å². The van der Waals surface area contributed by atoms with Crippen molar-refractivity contribution in [1.82, 2.24) is 15.1 Å². The third kappa shape index (κ3) is 5.36. The molecule has 0 bridgehead atoms. The fraction of sp³-hybridized carbons (Fsp3) is 1.00. The Balaban J connectivity index is 2.10. The zero-order valence-corrected chi connectivity index (χ0v) is 12.2. The molecule has 1 aliphatic rings. The predicted octanol–water partition coefficient (Wildman–Crippen LogP) is 1.79. The lowest BCUT2D eigenvalue weighted by atomic mass is 10.2. The molecule has 1 unspecified atom stereocenters. The Morgan fingerprint density at radius 3 is 2.59 bits per heavy atom. The van der Waals surface area contributed by atoms with E-state index in [9.17, 15) is 0 Å². The van der Waals surface area contributed by atoms with Gasteiger partial charge in [0.1, 0.15) is 0 Å². The number of nitrogens with one attached hydrogen (secondary N) is 1. The van der Waals surface area contributed by atoms with Crippen LogP contribution in [0, 0.1) is 0 Å². The van der Waals surface area contributed by atoms with E-state index in [1.807, 2.05) is 0 Å². The van der Waals surface area contributed by atoms with Gasteiger partial charge in [-0.2, -0.15) is 0 Å². The Kier molecular flexibility index (Phi) is 7.09. The first-order chi connectivity index (χ1) is 8.17. The summed E-state index contributed by atoms with van der Waals surface area (Å²) < 4.78 is 0. The molecule has 1 rings (SSSR count). The average molecular weight is 241 g/mol. The maximum absolute atomic E-state index is 3.63. The zero-order valence-electron chi connectivity index (χ0n) is 12.2. The lowest BCUT2D eigenvalue weighted by Crippen LogP contribution is -2.40. The van der Waals surface area contributed by atoms with Gasteiger partial charge in [-0.3, -0.25) is 0 Å². The number of rotatable bonds is 8. The molecule has 1 aliphatic heterocycles. The summed E-state index contributed by atoms with van der Waals surface area (Å²) in [4.78, 5) is 4.98. The smallest absolute Gasteiger partial charge is 0.0220 e. The van der Waals surface area contributed by atoms with Crippen molar-refractivity contribution < 1.29 is 0 Å². The molecule has 17 heavy (non-hydrogen) atoms. The normalized spacial score (nSPS) is 21.9. The largest absolute Gasteiger partial charge is 0.313 e. The van der Waals surface area contributed by atoms with Crippen molar-refractivity contribution in [1.29, 1.82) is 0 Å². The van der Waals surface area contributed by atoms with Crippen LogP contribution in [0.15, 0.2) is 0 Å². The highest BCUT2D eigenvalue weighted by atomic mass is 15.2. The first kappa shape index (κ1) is 14.9. The van der Waals surface area contributed by atoms with E-state index in [2.05, 4.69) is 43.1 Å². The van der Waals surface area contributed by atoms with Gasteiger partial charge in [0.2, 0.25) is 0 Å². The summed E-state index contributed by atoms with van der Waals surface area (Å²) in [6.45, 7) is 9.32. The van der Waals surface area contributed by atoms with Gasteiger partial charge in [0, 0.05) is 31.7 Å². The minimum Gasteiger partial charge on any atom is -0.313 e. The van der Waals surface area contributed by atoms with Gasteiger partial charge in [-0.25, -0.2) is 0 Å². The first-order valence-electron chi connectivity index (χ1n) is 7.29. The molecule has 1 N–H and O–H groups in total. The van der Waals surface area contributed by atoms with Crippen LogP contribution in [0.5, 0.6) is 0 Å². The molecule has 0 aliphatic carbocycles. The Morgan fingerprint density at radius 1 is 1.35 bits per heavy atom. The molecule has 0 spiro atoms. The van der Waals surface area contributed by atoms with Crippen LogP contribution in [0.3, 0.4) is 0 Å². The van der Waals surface area contributed by atoms with E-state index in [1.165, 1.54) is 45.3 Å². The van der Waals surface area contributed by atoms with Crippen LogP contribution in [-0.2, 0) is 0 Å². The first-order valence-corrected chi connectivity index (χ1v) is 7.29. The molecule has 0 radical (unpaired) electrons. The summed E-state index contributed by atoms with van der Waals surface area (Å²) >= 11 is 0. The highest BCUT2D eigenvalue weighted by molar-refractivity contribution is 4.79.